The zero-order chi connectivity index (χ0) is 27.0. The molecule has 0 radical (unpaired) electrons. The molecule has 0 spiro atoms. The zero-order valence-electron chi connectivity index (χ0n) is 19.5. The second-order valence-electron chi connectivity index (χ2n) is 8.20. The first-order chi connectivity index (χ1) is 17.0. The zero-order valence-corrected chi connectivity index (χ0v) is 21.6. The summed E-state index contributed by atoms with van der Waals surface area (Å²) in [4.78, 5) is 61.7. The maximum atomic E-state index is 13.2. The Morgan fingerprint density at radius 1 is 1.25 bits per heavy atom. The number of hydrogen-bond donors (Lipinski definition) is 6. The summed E-state index contributed by atoms with van der Waals surface area (Å²) in [5.41, 5.74) is 10.4. The Morgan fingerprint density at radius 3 is 2.53 bits per heavy atom. The lowest BCUT2D eigenvalue weighted by Gasteiger charge is -2.27. The normalized spacial score (nSPS) is 22.1. The number of unbranched alkanes of at least 4 members (excludes halogenated alkanes) is 1. The van der Waals surface area contributed by atoms with Gasteiger partial charge in [-0.15, -0.1) is 0 Å². The van der Waals surface area contributed by atoms with Crippen molar-refractivity contribution in [1.29, 1.82) is 0 Å². The number of aliphatic hydroxyl groups excluding tert-OH is 1. The van der Waals surface area contributed by atoms with Crippen molar-refractivity contribution in [1.82, 2.24) is 16.0 Å². The average Bonchev–Trinajstić information content (AvgIpc) is 2.80. The number of nitrogens with one attached hydrogen (secondary N) is 3. The number of nitrogens with zero attached hydrogens (tertiary/aromatic N) is 1. The number of nitro benzene ring substituents is 1. The highest BCUT2D eigenvalue weighted by Gasteiger charge is 2.33. The van der Waals surface area contributed by atoms with Crippen molar-refractivity contribution in [2.75, 3.05) is 13.2 Å². The first kappa shape index (κ1) is 29.2. The predicted octanol–water partition coefficient (Wildman–Crippen LogP) is -0.955. The Balaban J connectivity index is 2.55. The lowest BCUT2D eigenvalue weighted by Crippen LogP contribution is -2.59. The minimum Gasteiger partial charge on any atom is -0.492 e. The van der Waals surface area contributed by atoms with Gasteiger partial charge in [0.15, 0.2) is 0 Å². The van der Waals surface area contributed by atoms with Crippen LogP contribution < -0.4 is 32.2 Å². The number of fused-ring (bicyclic) bond motifs is 1. The number of carbonyl (C=O) groups excluding carboxylic acids is 4. The van der Waals surface area contributed by atoms with E-state index in [4.69, 9.17) is 16.2 Å². The molecule has 2 unspecified atom stereocenters. The molecular weight excluding hydrogens is 591 g/mol. The predicted molar refractivity (Wildman–Crippen MR) is 135 cm³/mol. The molecule has 1 aromatic rings. The molecule has 0 aromatic heterocycles. The van der Waals surface area contributed by atoms with Crippen molar-refractivity contribution in [3.05, 3.63) is 31.4 Å². The molecule has 2 rings (SSSR count). The highest BCUT2D eigenvalue weighted by Crippen LogP contribution is 2.31. The molecule has 8 N–H and O–H groups in total. The summed E-state index contributed by atoms with van der Waals surface area (Å²) >= 11 is 1.77. The van der Waals surface area contributed by atoms with Crippen LogP contribution in [0, 0.1) is 13.7 Å². The number of halogens is 1. The highest BCUT2D eigenvalue weighted by molar-refractivity contribution is 14.1. The average molecular weight is 620 g/mol. The van der Waals surface area contributed by atoms with Gasteiger partial charge >= 0.3 is 0 Å². The lowest BCUT2D eigenvalue weighted by molar-refractivity contribution is -0.385. The summed E-state index contributed by atoms with van der Waals surface area (Å²) in [6.07, 6.45) is -0.340. The first-order valence-corrected chi connectivity index (χ1v) is 12.2. The van der Waals surface area contributed by atoms with Crippen LogP contribution in [0.5, 0.6) is 5.75 Å². The third-order valence-electron chi connectivity index (χ3n) is 5.43. The van der Waals surface area contributed by atoms with Crippen LogP contribution in [0.2, 0.25) is 0 Å². The fourth-order valence-electron chi connectivity index (χ4n) is 3.48. The topological polar surface area (TPSA) is 229 Å². The maximum Gasteiger partial charge on any atom is 0.271 e. The van der Waals surface area contributed by atoms with Crippen molar-refractivity contribution in [2.45, 2.75) is 56.8 Å². The lowest BCUT2D eigenvalue weighted by atomic mass is 10.0. The van der Waals surface area contributed by atoms with Crippen LogP contribution in [0.1, 0.15) is 43.0 Å². The van der Waals surface area contributed by atoms with Gasteiger partial charge in [-0.05, 0) is 55.3 Å². The number of amides is 4. The summed E-state index contributed by atoms with van der Waals surface area (Å²) < 4.78 is 5.95. The van der Waals surface area contributed by atoms with Crippen LogP contribution in [0.4, 0.5) is 5.69 Å². The van der Waals surface area contributed by atoms with Gasteiger partial charge in [-0.2, -0.15) is 0 Å². The number of rotatable bonds is 7. The number of non-ortho nitro benzene ring substituents is 1. The molecule has 14 nitrogen and oxygen atoms in total. The molecule has 4 amide bonds. The molecule has 0 saturated heterocycles. The second-order valence-corrected chi connectivity index (χ2v) is 9.36. The number of carbonyl (C=O) groups is 4. The summed E-state index contributed by atoms with van der Waals surface area (Å²) in [7, 11) is 0. The number of nitrogens with two attached hydrogens (primary N) is 2. The van der Waals surface area contributed by atoms with E-state index < -0.39 is 52.8 Å². The smallest absolute Gasteiger partial charge is 0.271 e. The molecule has 1 heterocycles. The molecule has 0 saturated carbocycles. The Bertz CT molecular complexity index is 1020. The fourth-order valence-corrected chi connectivity index (χ4v) is 4.25. The molecule has 0 aliphatic carbocycles. The molecule has 15 heteroatoms. The van der Waals surface area contributed by atoms with E-state index in [-0.39, 0.29) is 40.0 Å². The van der Waals surface area contributed by atoms with Crippen LogP contribution in [0.25, 0.3) is 0 Å². The molecule has 198 valence electrons. The van der Waals surface area contributed by atoms with E-state index >= 15 is 0 Å². The standard InChI is InChI=1S/C21H29IN6O8/c1-10(29)16-21(33)25-14(18(24)30)5-7-36-17-12(8-11(28(34)35)9-13(17)22)19(31)26-15(20(32)27-16)4-2-3-6-23/h8-10,14-16,29H,2-7,23H2,1H3,(H2,24,30)(H,25,33)(H,26,31)(H,27,32)/t10?,14-,15-,16?/m0/s1. The molecule has 1 aromatic carbocycles. The van der Waals surface area contributed by atoms with Gasteiger partial charge in [-0.3, -0.25) is 29.3 Å². The molecule has 0 fully saturated rings. The Morgan fingerprint density at radius 2 is 1.94 bits per heavy atom. The molecule has 0 bridgehead atoms. The summed E-state index contributed by atoms with van der Waals surface area (Å²) in [6.45, 7) is 1.43. The number of ether oxygens (including phenoxy) is 1. The number of nitro groups is 1. The van der Waals surface area contributed by atoms with Crippen LogP contribution in [0.15, 0.2) is 12.1 Å². The Labute approximate surface area is 220 Å². The van der Waals surface area contributed by atoms with Gasteiger partial charge in [-0.25, -0.2) is 0 Å². The molecular formula is C21H29IN6O8. The molecule has 36 heavy (non-hydrogen) atoms. The van der Waals surface area contributed by atoms with Gasteiger partial charge < -0.3 is 37.3 Å². The SMILES string of the molecule is CC(O)C1NC(=O)[C@H](CCCCN)NC(=O)c2cc([N+](=O)[O-])cc(I)c2OCC[C@@H](C(N)=O)NC1=O. The van der Waals surface area contributed by atoms with Gasteiger partial charge in [0.1, 0.15) is 23.9 Å². The largest absolute Gasteiger partial charge is 0.492 e. The van der Waals surface area contributed by atoms with Crippen LogP contribution in [0.3, 0.4) is 0 Å². The molecule has 4 atom stereocenters. The summed E-state index contributed by atoms with van der Waals surface area (Å²) in [5.74, 6) is -3.33. The number of benzene rings is 1. The summed E-state index contributed by atoms with van der Waals surface area (Å²) in [6, 6.07) is -1.60. The molecule has 1 aliphatic heterocycles. The summed E-state index contributed by atoms with van der Waals surface area (Å²) in [5, 5.41) is 28.8. The van der Waals surface area contributed by atoms with E-state index in [2.05, 4.69) is 16.0 Å². The van der Waals surface area contributed by atoms with Crippen molar-refractivity contribution >= 4 is 51.9 Å². The maximum absolute atomic E-state index is 13.2. The number of hydrogen-bond acceptors (Lipinski definition) is 9. The number of aliphatic hydroxyl groups is 1. The Hall–Kier alpha value is -3.05. The first-order valence-electron chi connectivity index (χ1n) is 11.2. The molecule has 1 aliphatic rings. The third-order valence-corrected chi connectivity index (χ3v) is 6.23. The van der Waals surface area contributed by atoms with Crippen LogP contribution >= 0.6 is 22.6 Å². The van der Waals surface area contributed by atoms with Gasteiger partial charge in [0.05, 0.1) is 26.8 Å². The van der Waals surface area contributed by atoms with E-state index in [1.165, 1.54) is 13.0 Å². The van der Waals surface area contributed by atoms with E-state index in [9.17, 15) is 34.4 Å². The number of primary amides is 1. The van der Waals surface area contributed by atoms with Gasteiger partial charge in [-0.1, -0.05) is 0 Å². The van der Waals surface area contributed by atoms with Crippen molar-refractivity contribution in [3.63, 3.8) is 0 Å². The minimum atomic E-state index is -1.45. The minimum absolute atomic E-state index is 0.00767. The van der Waals surface area contributed by atoms with Gasteiger partial charge in [0.25, 0.3) is 11.6 Å². The van der Waals surface area contributed by atoms with Crippen LogP contribution in [-0.2, 0) is 14.4 Å². The second kappa shape index (κ2) is 13.3. The van der Waals surface area contributed by atoms with Crippen molar-refractivity contribution < 1.29 is 33.9 Å². The van der Waals surface area contributed by atoms with Crippen molar-refractivity contribution in [3.8, 4) is 5.75 Å². The van der Waals surface area contributed by atoms with E-state index in [0.717, 1.165) is 6.07 Å². The highest BCUT2D eigenvalue weighted by atomic mass is 127. The quantitative estimate of drug-likeness (QED) is 0.0954. The Kier molecular flexibility index (Phi) is 10.8. The third kappa shape index (κ3) is 7.72. The van der Waals surface area contributed by atoms with E-state index in [1.807, 2.05) is 0 Å². The van der Waals surface area contributed by atoms with Gasteiger partial charge in [0, 0.05) is 18.6 Å². The van der Waals surface area contributed by atoms with E-state index in [1.54, 1.807) is 22.6 Å². The van der Waals surface area contributed by atoms with E-state index in [0.29, 0.717) is 19.4 Å². The van der Waals surface area contributed by atoms with Crippen LogP contribution in [-0.4, -0.2) is 71.0 Å². The monoisotopic (exact) mass is 620 g/mol. The fraction of sp³-hybridized carbons (Fsp3) is 0.524. The van der Waals surface area contributed by atoms with Gasteiger partial charge in [0.2, 0.25) is 17.7 Å². The van der Waals surface area contributed by atoms with Crippen molar-refractivity contribution in [2.24, 2.45) is 11.5 Å².